The molecule has 0 aliphatic heterocycles. The standard InChI is InChI=1S/C31H23Cl2N3O4/c1-18-8-12-25-23(14-18)28(20-6-4-3-5-7-20)29(35-25)30(37)36-34-17-19-9-13-26(27(15-19)39-2)40-31(38)22-11-10-21(32)16-24(22)33/h3-17,35H,1-2H3,(H,36,37). The number of ether oxygens (including phenoxy) is 2. The van der Waals surface area contributed by atoms with Crippen LogP contribution >= 0.6 is 23.2 Å². The van der Waals surface area contributed by atoms with E-state index in [9.17, 15) is 9.59 Å². The van der Waals surface area contributed by atoms with Crippen LogP contribution in [-0.2, 0) is 0 Å². The molecule has 0 atom stereocenters. The molecule has 0 unspecified atom stereocenters. The number of aryl methyl sites for hydroxylation is 1. The van der Waals surface area contributed by atoms with Crippen LogP contribution in [0.3, 0.4) is 0 Å². The number of carbonyl (C=O) groups is 2. The summed E-state index contributed by atoms with van der Waals surface area (Å²) in [5.41, 5.74) is 7.45. The highest BCUT2D eigenvalue weighted by atomic mass is 35.5. The highest BCUT2D eigenvalue weighted by Gasteiger charge is 2.19. The molecule has 9 heteroatoms. The number of aromatic amines is 1. The zero-order valence-corrected chi connectivity index (χ0v) is 23.0. The number of hydrogen-bond acceptors (Lipinski definition) is 5. The molecule has 1 heterocycles. The van der Waals surface area contributed by atoms with Crippen molar-refractivity contribution in [3.8, 4) is 22.6 Å². The van der Waals surface area contributed by atoms with Crippen molar-refractivity contribution in [1.82, 2.24) is 10.4 Å². The Morgan fingerprint density at radius 1 is 0.925 bits per heavy atom. The predicted octanol–water partition coefficient (Wildman–Crippen LogP) is 7.44. The minimum absolute atomic E-state index is 0.170. The third kappa shape index (κ3) is 5.71. The van der Waals surface area contributed by atoms with E-state index in [1.165, 1.54) is 25.5 Å². The number of methoxy groups -OCH3 is 1. The van der Waals surface area contributed by atoms with Gasteiger partial charge in [-0.2, -0.15) is 5.10 Å². The van der Waals surface area contributed by atoms with Gasteiger partial charge in [-0.3, -0.25) is 4.79 Å². The van der Waals surface area contributed by atoms with Crippen LogP contribution in [0.1, 0.15) is 32.0 Å². The summed E-state index contributed by atoms with van der Waals surface area (Å²) >= 11 is 12.0. The summed E-state index contributed by atoms with van der Waals surface area (Å²) < 4.78 is 10.9. The van der Waals surface area contributed by atoms with Crippen LogP contribution in [0, 0.1) is 6.92 Å². The van der Waals surface area contributed by atoms with E-state index in [1.54, 1.807) is 24.3 Å². The monoisotopic (exact) mass is 571 g/mol. The average molecular weight is 572 g/mol. The average Bonchev–Trinajstić information content (AvgIpc) is 3.32. The van der Waals surface area contributed by atoms with Crippen LogP contribution in [0.2, 0.25) is 10.0 Å². The fourth-order valence-corrected chi connectivity index (χ4v) is 4.75. The van der Waals surface area contributed by atoms with Gasteiger partial charge in [0.2, 0.25) is 0 Å². The Hall–Kier alpha value is -4.59. The summed E-state index contributed by atoms with van der Waals surface area (Å²) in [5, 5.41) is 5.68. The first-order valence-electron chi connectivity index (χ1n) is 12.2. The maximum atomic E-state index is 13.2. The topological polar surface area (TPSA) is 92.8 Å². The number of hydrogen-bond donors (Lipinski definition) is 2. The number of nitrogens with one attached hydrogen (secondary N) is 2. The van der Waals surface area contributed by atoms with Crippen molar-refractivity contribution < 1.29 is 19.1 Å². The van der Waals surface area contributed by atoms with Crippen molar-refractivity contribution in [3.63, 3.8) is 0 Å². The lowest BCUT2D eigenvalue weighted by atomic mass is 10.0. The third-order valence-electron chi connectivity index (χ3n) is 6.16. The summed E-state index contributed by atoms with van der Waals surface area (Å²) in [7, 11) is 1.45. The molecule has 200 valence electrons. The van der Waals surface area contributed by atoms with Crippen molar-refractivity contribution in [1.29, 1.82) is 0 Å². The molecule has 5 rings (SSSR count). The van der Waals surface area contributed by atoms with Crippen molar-refractivity contribution in [2.45, 2.75) is 6.92 Å². The molecule has 1 aromatic heterocycles. The van der Waals surface area contributed by atoms with Gasteiger partial charge in [0.25, 0.3) is 5.91 Å². The smallest absolute Gasteiger partial charge is 0.345 e. The Labute approximate surface area is 240 Å². The Morgan fingerprint density at radius 2 is 1.73 bits per heavy atom. The molecule has 5 aromatic rings. The highest BCUT2D eigenvalue weighted by Crippen LogP contribution is 2.33. The van der Waals surface area contributed by atoms with Gasteiger partial charge in [0.1, 0.15) is 5.69 Å². The van der Waals surface area contributed by atoms with Crippen molar-refractivity contribution >= 4 is 52.2 Å². The number of benzene rings is 4. The van der Waals surface area contributed by atoms with E-state index in [1.807, 2.05) is 49.4 Å². The van der Waals surface area contributed by atoms with E-state index in [-0.39, 0.29) is 22.2 Å². The van der Waals surface area contributed by atoms with Crippen LogP contribution in [-0.4, -0.2) is 30.2 Å². The largest absolute Gasteiger partial charge is 0.493 e. The predicted molar refractivity (Wildman–Crippen MR) is 158 cm³/mol. The third-order valence-corrected chi connectivity index (χ3v) is 6.71. The summed E-state index contributed by atoms with van der Waals surface area (Å²) in [6.45, 7) is 2.01. The molecule has 0 fully saturated rings. The van der Waals surface area contributed by atoms with Gasteiger partial charge in [-0.1, -0.05) is 65.2 Å². The number of fused-ring (bicyclic) bond motifs is 1. The lowest BCUT2D eigenvalue weighted by molar-refractivity contribution is 0.0729. The van der Waals surface area contributed by atoms with Gasteiger partial charge in [-0.25, -0.2) is 10.2 Å². The van der Waals surface area contributed by atoms with E-state index in [0.717, 1.165) is 27.6 Å². The number of rotatable bonds is 7. The summed E-state index contributed by atoms with van der Waals surface area (Å²) in [5.74, 6) is -0.552. The van der Waals surface area contributed by atoms with Crippen LogP contribution in [0.4, 0.5) is 0 Å². The van der Waals surface area contributed by atoms with E-state index >= 15 is 0 Å². The molecule has 0 saturated carbocycles. The Kier molecular flexibility index (Phi) is 7.86. The lowest BCUT2D eigenvalue weighted by Crippen LogP contribution is -2.18. The molecule has 4 aromatic carbocycles. The molecule has 2 N–H and O–H groups in total. The fraction of sp³-hybridized carbons (Fsp3) is 0.0645. The van der Waals surface area contributed by atoms with E-state index < -0.39 is 5.97 Å². The number of hydrazone groups is 1. The molecule has 7 nitrogen and oxygen atoms in total. The Balaban J connectivity index is 1.35. The SMILES string of the molecule is COc1cc(C=NNC(=O)c2[nH]c3ccc(C)cc3c2-c2ccccc2)ccc1OC(=O)c1ccc(Cl)cc1Cl. The number of halogens is 2. The van der Waals surface area contributed by atoms with E-state index in [0.29, 0.717) is 22.0 Å². The number of H-pyrrole nitrogens is 1. The normalized spacial score (nSPS) is 11.1. The number of esters is 1. The first-order valence-corrected chi connectivity index (χ1v) is 13.0. The zero-order chi connectivity index (χ0) is 28.2. The molecule has 0 radical (unpaired) electrons. The first kappa shape index (κ1) is 27.0. The second-order valence-corrected chi connectivity index (χ2v) is 9.76. The zero-order valence-electron chi connectivity index (χ0n) is 21.5. The quantitative estimate of drug-likeness (QED) is 0.0918. The van der Waals surface area contributed by atoms with E-state index in [2.05, 4.69) is 21.6 Å². The molecule has 0 bridgehead atoms. The highest BCUT2D eigenvalue weighted by molar-refractivity contribution is 6.36. The minimum atomic E-state index is -0.656. The maximum absolute atomic E-state index is 13.2. The summed E-state index contributed by atoms with van der Waals surface area (Å²) in [4.78, 5) is 29.1. The molecular weight excluding hydrogens is 549 g/mol. The van der Waals surface area contributed by atoms with Crippen LogP contribution in [0.15, 0.2) is 90.0 Å². The van der Waals surface area contributed by atoms with Crippen molar-refractivity contribution in [3.05, 3.63) is 117 Å². The second kappa shape index (κ2) is 11.7. The second-order valence-electron chi connectivity index (χ2n) is 8.91. The van der Waals surface area contributed by atoms with Gasteiger partial charge in [-0.05, 0) is 66.6 Å². The fourth-order valence-electron chi connectivity index (χ4n) is 4.26. The number of amides is 1. The number of nitrogens with zero attached hydrogens (tertiary/aromatic N) is 1. The minimum Gasteiger partial charge on any atom is -0.493 e. The molecule has 0 spiro atoms. The van der Waals surface area contributed by atoms with Gasteiger partial charge < -0.3 is 14.5 Å². The summed E-state index contributed by atoms with van der Waals surface area (Å²) in [6.07, 6.45) is 1.47. The molecule has 1 amide bonds. The van der Waals surface area contributed by atoms with E-state index in [4.69, 9.17) is 32.7 Å². The number of aromatic nitrogens is 1. The molecule has 0 aliphatic carbocycles. The van der Waals surface area contributed by atoms with Gasteiger partial charge >= 0.3 is 5.97 Å². The van der Waals surface area contributed by atoms with Gasteiger partial charge in [-0.15, -0.1) is 0 Å². The van der Waals surface area contributed by atoms with Crippen LogP contribution < -0.4 is 14.9 Å². The van der Waals surface area contributed by atoms with Crippen LogP contribution in [0.25, 0.3) is 22.0 Å². The first-order chi connectivity index (χ1) is 19.3. The van der Waals surface area contributed by atoms with Gasteiger partial charge in [0.05, 0.1) is 23.9 Å². The Bertz CT molecular complexity index is 1760. The Morgan fingerprint density at radius 3 is 2.48 bits per heavy atom. The number of carbonyl (C=O) groups excluding carboxylic acids is 2. The lowest BCUT2D eigenvalue weighted by Gasteiger charge is -2.10. The van der Waals surface area contributed by atoms with Gasteiger partial charge in [0, 0.05) is 21.5 Å². The van der Waals surface area contributed by atoms with Crippen molar-refractivity contribution in [2.24, 2.45) is 5.10 Å². The molecular formula is C31H23Cl2N3O4. The summed E-state index contributed by atoms with van der Waals surface area (Å²) in [6, 6.07) is 25.1. The maximum Gasteiger partial charge on any atom is 0.345 e. The molecule has 40 heavy (non-hydrogen) atoms. The molecule has 0 saturated heterocycles. The molecule has 0 aliphatic rings. The van der Waals surface area contributed by atoms with Crippen molar-refractivity contribution in [2.75, 3.05) is 7.11 Å². The van der Waals surface area contributed by atoms with Crippen LogP contribution in [0.5, 0.6) is 11.5 Å². The van der Waals surface area contributed by atoms with Gasteiger partial charge in [0.15, 0.2) is 11.5 Å².